The highest BCUT2D eigenvalue weighted by Crippen LogP contribution is 2.38. The second-order valence-electron chi connectivity index (χ2n) is 13.2. The number of carboxylic acids is 1. The van der Waals surface area contributed by atoms with Crippen LogP contribution in [-0.2, 0) is 14.0 Å². The zero-order valence-electron chi connectivity index (χ0n) is 28.0. The van der Waals surface area contributed by atoms with E-state index in [-0.39, 0.29) is 23.6 Å². The molecular weight excluding hydrogens is 563 g/mol. The van der Waals surface area contributed by atoms with Gasteiger partial charge in [-0.05, 0) is 60.9 Å². The third-order valence-corrected chi connectivity index (χ3v) is 13.6. The van der Waals surface area contributed by atoms with Crippen LogP contribution in [0.3, 0.4) is 0 Å². The van der Waals surface area contributed by atoms with Crippen LogP contribution in [-0.4, -0.2) is 37.9 Å². The minimum absolute atomic E-state index is 0.0110. The topological polar surface area (TPSA) is 75.6 Å². The zero-order chi connectivity index (χ0) is 32.1. The average molecular weight is 622 g/mol. The van der Waals surface area contributed by atoms with Gasteiger partial charge in [-0.3, -0.25) is 9.59 Å². The molecule has 0 bridgehead atoms. The van der Waals surface area contributed by atoms with Crippen LogP contribution in [0.2, 0.25) is 5.04 Å². The van der Waals surface area contributed by atoms with Crippen molar-refractivity contribution in [3.05, 3.63) is 72.8 Å². The monoisotopic (exact) mass is 621 g/mol. The number of rotatable bonds is 23. The molecule has 2 N–H and O–H groups in total. The van der Waals surface area contributed by atoms with Crippen molar-refractivity contribution in [1.29, 1.82) is 0 Å². The summed E-state index contributed by atoms with van der Waals surface area (Å²) in [6, 6.07) is 21.9. The van der Waals surface area contributed by atoms with E-state index < -0.39 is 14.3 Å². The minimum Gasteiger partial charge on any atom is -0.480 e. The van der Waals surface area contributed by atoms with E-state index in [2.05, 4.69) is 106 Å². The van der Waals surface area contributed by atoms with Crippen LogP contribution >= 0.6 is 0 Å². The van der Waals surface area contributed by atoms with Crippen molar-refractivity contribution < 1.29 is 19.1 Å². The standard InChI is InChI=1S/C38H59NO4Si/c1-33(43-44(38(2,3)4,34-27-21-18-22-28-34)35-29-23-19-24-30-35)26-20-16-14-12-10-8-6-5-7-9-11-13-15-17-25-31-36(40)39-32-37(41)42/h12,14,18-19,21-24,27-30,33H,5-11,13,15-17,20,25-26,31-32H2,1-4H3,(H,39,40)(H,41,42). The number of carboxylic acid groups (broad SMARTS) is 1. The van der Waals surface area contributed by atoms with E-state index in [1.807, 2.05) is 0 Å². The Morgan fingerprint density at radius 2 is 1.20 bits per heavy atom. The quantitative estimate of drug-likeness (QED) is 0.0741. The molecule has 2 aromatic rings. The molecule has 5 nitrogen and oxygen atoms in total. The van der Waals surface area contributed by atoms with Crippen LogP contribution in [0.4, 0.5) is 0 Å². The van der Waals surface area contributed by atoms with Crippen molar-refractivity contribution in [3.8, 4) is 0 Å². The number of benzene rings is 2. The van der Waals surface area contributed by atoms with E-state index in [0.29, 0.717) is 6.42 Å². The Morgan fingerprint density at radius 1 is 0.750 bits per heavy atom. The number of carbonyl (C=O) groups excluding carboxylic acids is 1. The van der Waals surface area contributed by atoms with Crippen molar-refractivity contribution in [1.82, 2.24) is 5.32 Å². The SMILES string of the molecule is CC(CCCC=CCCCCCCCCCCCCC(=O)NCC(=O)O)O[Si](c1ccccc1)(c1ccccc1)C(C)(C)C. The molecule has 1 amide bonds. The van der Waals surface area contributed by atoms with Crippen LogP contribution in [0, 0.1) is 0 Å². The average Bonchev–Trinajstić information content (AvgIpc) is 3.00. The number of aliphatic carboxylic acids is 1. The lowest BCUT2D eigenvalue weighted by Crippen LogP contribution is -2.67. The lowest BCUT2D eigenvalue weighted by atomic mass is 10.0. The maximum Gasteiger partial charge on any atom is 0.322 e. The largest absolute Gasteiger partial charge is 0.480 e. The molecule has 0 radical (unpaired) electrons. The molecule has 1 unspecified atom stereocenters. The highest BCUT2D eigenvalue weighted by Gasteiger charge is 2.50. The fourth-order valence-corrected chi connectivity index (χ4v) is 10.8. The minimum atomic E-state index is -2.48. The summed E-state index contributed by atoms with van der Waals surface area (Å²) in [5, 5.41) is 13.7. The summed E-state index contributed by atoms with van der Waals surface area (Å²) in [4.78, 5) is 21.9. The second-order valence-corrected chi connectivity index (χ2v) is 17.5. The van der Waals surface area contributed by atoms with Crippen LogP contribution in [0.1, 0.15) is 124 Å². The first-order valence-corrected chi connectivity index (χ1v) is 19.0. The summed E-state index contributed by atoms with van der Waals surface area (Å²) in [5.41, 5.74) is 0. The number of hydrogen-bond acceptors (Lipinski definition) is 3. The second kappa shape index (κ2) is 21.1. The third-order valence-electron chi connectivity index (χ3n) is 8.40. The van der Waals surface area contributed by atoms with E-state index in [1.54, 1.807) is 0 Å². The summed E-state index contributed by atoms with van der Waals surface area (Å²) < 4.78 is 7.21. The Hall–Kier alpha value is -2.70. The van der Waals surface area contributed by atoms with Crippen molar-refractivity contribution in [3.63, 3.8) is 0 Å². The van der Waals surface area contributed by atoms with Gasteiger partial charge in [0.1, 0.15) is 6.54 Å². The van der Waals surface area contributed by atoms with Crippen molar-refractivity contribution >= 4 is 30.6 Å². The van der Waals surface area contributed by atoms with Gasteiger partial charge in [0.25, 0.3) is 8.32 Å². The zero-order valence-corrected chi connectivity index (χ0v) is 29.0. The Labute approximate surface area is 269 Å². The summed E-state index contributed by atoms with van der Waals surface area (Å²) in [6.45, 7) is 9.01. The molecule has 2 rings (SSSR count). The van der Waals surface area contributed by atoms with Gasteiger partial charge in [-0.2, -0.15) is 0 Å². The van der Waals surface area contributed by atoms with Crippen LogP contribution < -0.4 is 15.7 Å². The Kier molecular flexibility index (Phi) is 18.0. The van der Waals surface area contributed by atoms with Gasteiger partial charge in [0.05, 0.1) is 0 Å². The predicted octanol–water partition coefficient (Wildman–Crippen LogP) is 8.56. The van der Waals surface area contributed by atoms with Crippen molar-refractivity contribution in [2.75, 3.05) is 6.54 Å². The normalized spacial score (nSPS) is 12.8. The predicted molar refractivity (Wildman–Crippen MR) is 187 cm³/mol. The first-order valence-electron chi connectivity index (χ1n) is 17.1. The van der Waals surface area contributed by atoms with Crippen LogP contribution in [0.15, 0.2) is 72.8 Å². The maximum atomic E-state index is 11.5. The molecule has 2 aromatic carbocycles. The lowest BCUT2D eigenvalue weighted by Gasteiger charge is -2.44. The Bertz CT molecular complexity index is 1040. The van der Waals surface area contributed by atoms with E-state index in [1.165, 1.54) is 61.7 Å². The fourth-order valence-electron chi connectivity index (χ4n) is 6.04. The Morgan fingerprint density at radius 3 is 1.68 bits per heavy atom. The lowest BCUT2D eigenvalue weighted by molar-refractivity contribution is -0.137. The number of nitrogens with one attached hydrogen (secondary N) is 1. The van der Waals surface area contributed by atoms with Gasteiger partial charge >= 0.3 is 5.97 Å². The molecule has 0 aliphatic carbocycles. The molecule has 0 aliphatic heterocycles. The van der Waals surface area contributed by atoms with Gasteiger partial charge in [-0.15, -0.1) is 0 Å². The van der Waals surface area contributed by atoms with Gasteiger partial charge in [0, 0.05) is 12.5 Å². The van der Waals surface area contributed by atoms with Gasteiger partial charge in [-0.25, -0.2) is 0 Å². The van der Waals surface area contributed by atoms with E-state index in [0.717, 1.165) is 38.5 Å². The molecule has 0 fully saturated rings. The van der Waals surface area contributed by atoms with E-state index in [4.69, 9.17) is 9.53 Å². The molecule has 0 heterocycles. The van der Waals surface area contributed by atoms with Crippen LogP contribution in [0.5, 0.6) is 0 Å². The number of amides is 1. The number of carbonyl (C=O) groups is 2. The molecule has 44 heavy (non-hydrogen) atoms. The highest BCUT2D eigenvalue weighted by atomic mass is 28.4. The third kappa shape index (κ3) is 13.9. The number of allylic oxidation sites excluding steroid dienone is 2. The first-order chi connectivity index (χ1) is 21.2. The molecule has 0 aliphatic rings. The molecule has 244 valence electrons. The van der Waals surface area contributed by atoms with E-state index in [9.17, 15) is 9.59 Å². The summed E-state index contributed by atoms with van der Waals surface area (Å²) >= 11 is 0. The van der Waals surface area contributed by atoms with Gasteiger partial charge < -0.3 is 14.8 Å². The molecular formula is C38H59NO4Si. The van der Waals surface area contributed by atoms with Crippen molar-refractivity contribution in [2.24, 2.45) is 0 Å². The van der Waals surface area contributed by atoms with Crippen molar-refractivity contribution in [2.45, 2.75) is 135 Å². The van der Waals surface area contributed by atoms with Gasteiger partial charge in [-0.1, -0.05) is 145 Å². The van der Waals surface area contributed by atoms with Crippen LogP contribution in [0.25, 0.3) is 0 Å². The van der Waals surface area contributed by atoms with E-state index >= 15 is 0 Å². The smallest absolute Gasteiger partial charge is 0.322 e. The summed E-state index contributed by atoms with van der Waals surface area (Å²) in [6.07, 6.45) is 21.9. The van der Waals surface area contributed by atoms with Gasteiger partial charge in [0.2, 0.25) is 5.91 Å². The molecule has 0 saturated carbocycles. The molecule has 0 spiro atoms. The number of hydrogen-bond donors (Lipinski definition) is 2. The maximum absolute atomic E-state index is 11.5. The summed E-state index contributed by atoms with van der Waals surface area (Å²) in [5.74, 6) is -1.15. The highest BCUT2D eigenvalue weighted by molar-refractivity contribution is 6.99. The fraction of sp³-hybridized carbons (Fsp3) is 0.579. The molecule has 1 atom stereocenters. The molecule has 0 aromatic heterocycles. The molecule has 6 heteroatoms. The van der Waals surface area contributed by atoms with Gasteiger partial charge in [0.15, 0.2) is 0 Å². The number of unbranched alkanes of at least 4 members (excludes halogenated alkanes) is 11. The first kappa shape index (κ1) is 37.5. The molecule has 0 saturated heterocycles. The Balaban J connectivity index is 1.57. The summed E-state index contributed by atoms with van der Waals surface area (Å²) in [7, 11) is -2.48.